The molecule has 4 rings (SSSR count). The second kappa shape index (κ2) is 9.44. The van der Waals surface area contributed by atoms with E-state index in [0.29, 0.717) is 12.3 Å². The zero-order chi connectivity index (χ0) is 25.7. The number of allylic oxidation sites excluding steroid dienone is 9. The number of fused-ring (bicyclic) bond motifs is 1. The predicted octanol–water partition coefficient (Wildman–Crippen LogP) is 9.12. The van der Waals surface area contributed by atoms with Crippen LogP contribution in [0.25, 0.3) is 0 Å². The van der Waals surface area contributed by atoms with Crippen molar-refractivity contribution in [2.45, 2.75) is 81.1 Å². The summed E-state index contributed by atoms with van der Waals surface area (Å²) in [4.78, 5) is 13.2. The van der Waals surface area contributed by atoms with E-state index in [2.05, 4.69) is 91.1 Å². The monoisotopic (exact) mass is 466 g/mol. The molecule has 35 heavy (non-hydrogen) atoms. The largest absolute Gasteiger partial charge is 0.294 e. The second-order valence-electron chi connectivity index (χ2n) is 12.3. The molecule has 3 unspecified atom stereocenters. The lowest BCUT2D eigenvalue weighted by atomic mass is 9.78. The summed E-state index contributed by atoms with van der Waals surface area (Å²) in [5.74, 6) is 2.06. The van der Waals surface area contributed by atoms with Crippen molar-refractivity contribution in [1.29, 1.82) is 0 Å². The minimum absolute atomic E-state index is 0.219. The molecule has 0 aromatic heterocycles. The lowest BCUT2D eigenvalue weighted by Crippen LogP contribution is -2.15. The maximum absolute atomic E-state index is 13.2. The van der Waals surface area contributed by atoms with Crippen molar-refractivity contribution in [3.8, 4) is 0 Å². The van der Waals surface area contributed by atoms with E-state index >= 15 is 0 Å². The molecule has 1 heteroatoms. The molecule has 3 atom stereocenters. The average Bonchev–Trinajstić information content (AvgIpc) is 3.49. The number of aryl methyl sites for hydroxylation is 3. The Morgan fingerprint density at radius 3 is 2.40 bits per heavy atom. The first-order chi connectivity index (χ1) is 16.4. The fourth-order valence-corrected chi connectivity index (χ4v) is 6.21. The lowest BCUT2D eigenvalue weighted by molar-refractivity contribution is 0.0992. The van der Waals surface area contributed by atoms with Crippen molar-refractivity contribution in [2.75, 3.05) is 0 Å². The maximum Gasteiger partial charge on any atom is 0.167 e. The van der Waals surface area contributed by atoms with E-state index in [4.69, 9.17) is 0 Å². The van der Waals surface area contributed by atoms with Crippen LogP contribution in [-0.2, 0) is 0 Å². The molecule has 0 spiro atoms. The highest BCUT2D eigenvalue weighted by Crippen LogP contribution is 2.57. The van der Waals surface area contributed by atoms with E-state index in [1.165, 1.54) is 39.8 Å². The van der Waals surface area contributed by atoms with Gasteiger partial charge in [0.2, 0.25) is 0 Å². The summed E-state index contributed by atoms with van der Waals surface area (Å²) in [6.45, 7) is 21.8. The molecule has 184 valence electrons. The van der Waals surface area contributed by atoms with Crippen LogP contribution in [0.2, 0.25) is 0 Å². The Morgan fingerprint density at radius 1 is 1.06 bits per heavy atom. The van der Waals surface area contributed by atoms with E-state index in [1.807, 2.05) is 6.92 Å². The summed E-state index contributed by atoms with van der Waals surface area (Å²) < 4.78 is 0. The Bertz CT molecular complexity index is 1240. The highest BCUT2D eigenvalue weighted by Gasteiger charge is 2.46. The second-order valence-corrected chi connectivity index (χ2v) is 12.3. The summed E-state index contributed by atoms with van der Waals surface area (Å²) >= 11 is 0. The van der Waals surface area contributed by atoms with Crippen LogP contribution in [-0.4, -0.2) is 5.78 Å². The van der Waals surface area contributed by atoms with Gasteiger partial charge in [-0.3, -0.25) is 4.79 Å². The van der Waals surface area contributed by atoms with E-state index in [0.717, 1.165) is 35.8 Å². The first-order valence-electron chi connectivity index (χ1n) is 13.2. The number of benzene rings is 1. The summed E-state index contributed by atoms with van der Waals surface area (Å²) in [5.41, 5.74) is 16.1. The Kier molecular flexibility index (Phi) is 6.87. The summed E-state index contributed by atoms with van der Waals surface area (Å²) in [7, 11) is 0. The number of hydrogen-bond donors (Lipinski definition) is 0. The Hall–Kier alpha value is -2.63. The van der Waals surface area contributed by atoms with E-state index in [-0.39, 0.29) is 11.2 Å². The summed E-state index contributed by atoms with van der Waals surface area (Å²) in [5, 5.41) is 0. The lowest BCUT2D eigenvalue weighted by Gasteiger charge is -2.27. The molecular formula is C34H42O. The molecule has 1 aromatic rings. The van der Waals surface area contributed by atoms with Crippen LogP contribution in [0.1, 0.15) is 87.4 Å². The fraction of sp³-hybridized carbons (Fsp3) is 0.471. The highest BCUT2D eigenvalue weighted by molar-refractivity contribution is 5.99. The van der Waals surface area contributed by atoms with Gasteiger partial charge in [0, 0.05) is 17.6 Å². The molecule has 0 saturated heterocycles. The number of rotatable bonds is 7. The van der Waals surface area contributed by atoms with E-state index in [9.17, 15) is 4.79 Å². The van der Waals surface area contributed by atoms with Gasteiger partial charge in [-0.2, -0.15) is 0 Å². The fourth-order valence-electron chi connectivity index (χ4n) is 6.21. The number of carbonyl (C=O) groups excluding carboxylic acids is 1. The zero-order valence-electron chi connectivity index (χ0n) is 23.1. The number of carbonyl (C=O) groups is 1. The summed E-state index contributed by atoms with van der Waals surface area (Å²) in [6.07, 6.45) is 10.8. The van der Waals surface area contributed by atoms with Crippen LogP contribution < -0.4 is 0 Å². The third-order valence-electron chi connectivity index (χ3n) is 8.35. The van der Waals surface area contributed by atoms with Crippen LogP contribution in [0.3, 0.4) is 0 Å². The molecule has 0 N–H and O–H groups in total. The molecule has 0 bridgehead atoms. The van der Waals surface area contributed by atoms with Crippen molar-refractivity contribution in [3.63, 3.8) is 0 Å². The molecule has 1 fully saturated rings. The van der Waals surface area contributed by atoms with Crippen molar-refractivity contribution in [2.24, 2.45) is 23.2 Å². The predicted molar refractivity (Wildman–Crippen MR) is 149 cm³/mol. The van der Waals surface area contributed by atoms with Gasteiger partial charge in [0.1, 0.15) is 0 Å². The maximum atomic E-state index is 13.2. The Balaban J connectivity index is 1.48. The van der Waals surface area contributed by atoms with Gasteiger partial charge in [-0.1, -0.05) is 80.9 Å². The van der Waals surface area contributed by atoms with Crippen LogP contribution >= 0.6 is 0 Å². The van der Waals surface area contributed by atoms with Gasteiger partial charge in [0.15, 0.2) is 5.78 Å². The quantitative estimate of drug-likeness (QED) is 0.289. The SMILES string of the molecule is C=C=C(C1=C(C)CC(CC(=O)c2cc(C)c(C)cc2C)=C1)C(C)CC1=CC=C(C(C)(C)C)C2CC12. The normalized spacial score (nSPS) is 22.1. The molecule has 3 aliphatic rings. The first kappa shape index (κ1) is 25.5. The standard InChI is InChI=1S/C34H42O/c1-10-27(24(6)15-26-11-12-32(34(7,8)9)31-19-30(26)31)28-17-25(14-23(28)5)18-33(35)29-16-21(3)20(2)13-22(29)4/h11-13,16-17,24,30-31H,1,14-15,18-19H2,2-9H3. The van der Waals surface area contributed by atoms with Crippen LogP contribution in [0.4, 0.5) is 0 Å². The van der Waals surface area contributed by atoms with Crippen LogP contribution in [0, 0.1) is 43.9 Å². The number of hydrogen-bond acceptors (Lipinski definition) is 1. The van der Waals surface area contributed by atoms with Crippen molar-refractivity contribution >= 4 is 5.78 Å². The van der Waals surface area contributed by atoms with Gasteiger partial charge in [-0.15, -0.1) is 5.73 Å². The average molecular weight is 467 g/mol. The smallest absolute Gasteiger partial charge is 0.167 e. The van der Waals surface area contributed by atoms with Gasteiger partial charge in [-0.25, -0.2) is 0 Å². The van der Waals surface area contributed by atoms with Gasteiger partial charge >= 0.3 is 0 Å². The van der Waals surface area contributed by atoms with Crippen LogP contribution in [0.15, 0.2) is 76.1 Å². The molecule has 1 nitrogen and oxygen atoms in total. The van der Waals surface area contributed by atoms with Gasteiger partial charge in [0.25, 0.3) is 0 Å². The van der Waals surface area contributed by atoms with Gasteiger partial charge in [0.05, 0.1) is 0 Å². The van der Waals surface area contributed by atoms with Crippen molar-refractivity contribution in [1.82, 2.24) is 0 Å². The molecular weight excluding hydrogens is 424 g/mol. The topological polar surface area (TPSA) is 17.1 Å². The first-order valence-corrected chi connectivity index (χ1v) is 13.2. The van der Waals surface area contributed by atoms with Crippen molar-refractivity contribution < 1.29 is 4.79 Å². The molecule has 3 aliphatic carbocycles. The molecule has 1 aromatic carbocycles. The van der Waals surface area contributed by atoms with Crippen LogP contribution in [0.5, 0.6) is 0 Å². The minimum atomic E-state index is 0.219. The minimum Gasteiger partial charge on any atom is -0.294 e. The molecule has 0 heterocycles. The third-order valence-corrected chi connectivity index (χ3v) is 8.35. The summed E-state index contributed by atoms with van der Waals surface area (Å²) in [6, 6.07) is 4.19. The number of ketones is 1. The Morgan fingerprint density at radius 2 is 1.74 bits per heavy atom. The zero-order valence-corrected chi connectivity index (χ0v) is 23.1. The van der Waals surface area contributed by atoms with Gasteiger partial charge in [-0.05, 0) is 98.5 Å². The molecule has 1 saturated carbocycles. The molecule has 0 radical (unpaired) electrons. The van der Waals surface area contributed by atoms with E-state index in [1.54, 1.807) is 11.1 Å². The Labute approximate surface area is 213 Å². The highest BCUT2D eigenvalue weighted by atomic mass is 16.1. The molecule has 0 amide bonds. The third kappa shape index (κ3) is 5.17. The van der Waals surface area contributed by atoms with E-state index < -0.39 is 0 Å². The molecule has 0 aliphatic heterocycles. The van der Waals surface area contributed by atoms with Gasteiger partial charge < -0.3 is 0 Å². The van der Waals surface area contributed by atoms with Crippen molar-refractivity contribution in [3.05, 3.63) is 98.4 Å². The number of Topliss-reactive ketones (excluding diaryl/α,β-unsaturated/α-hetero) is 1.